The predicted octanol–water partition coefficient (Wildman–Crippen LogP) is 3.34. The van der Waals surface area contributed by atoms with Gasteiger partial charge in [0.2, 0.25) is 0 Å². The summed E-state index contributed by atoms with van der Waals surface area (Å²) in [6.07, 6.45) is 1.69. The Morgan fingerprint density at radius 1 is 1.19 bits per heavy atom. The average Bonchev–Trinajstić information content (AvgIpc) is 2.47. The molecule has 21 heavy (non-hydrogen) atoms. The summed E-state index contributed by atoms with van der Waals surface area (Å²) in [5, 5.41) is 3.32. The van der Waals surface area contributed by atoms with Crippen molar-refractivity contribution in [3.8, 4) is 0 Å². The quantitative estimate of drug-likeness (QED) is 0.887. The molecule has 2 rings (SSSR count). The molecule has 0 fully saturated rings. The fraction of sp³-hybridized carbons (Fsp3) is 0.294. The maximum Gasteiger partial charge on any atom is 0.127 e. The minimum atomic E-state index is -0.920. The molecule has 0 amide bonds. The summed E-state index contributed by atoms with van der Waals surface area (Å²) >= 11 is 0. The van der Waals surface area contributed by atoms with Crippen LogP contribution in [0, 0.1) is 12.7 Å². The summed E-state index contributed by atoms with van der Waals surface area (Å²) in [5.74, 6) is 0.301. The summed E-state index contributed by atoms with van der Waals surface area (Å²) in [6.45, 7) is 2.36. The lowest BCUT2D eigenvalue weighted by Gasteiger charge is -2.18. The number of aryl methyl sites for hydroxylation is 1. The highest BCUT2D eigenvalue weighted by Gasteiger charge is 2.13. The first-order valence-corrected chi connectivity index (χ1v) is 8.62. The van der Waals surface area contributed by atoms with Gasteiger partial charge in [-0.15, -0.1) is 0 Å². The van der Waals surface area contributed by atoms with Crippen LogP contribution in [0.3, 0.4) is 0 Å². The third-order valence-corrected chi connectivity index (χ3v) is 4.15. The van der Waals surface area contributed by atoms with Crippen molar-refractivity contribution in [1.82, 2.24) is 5.32 Å². The van der Waals surface area contributed by atoms with Gasteiger partial charge in [0.15, 0.2) is 0 Å². The van der Waals surface area contributed by atoms with Crippen LogP contribution in [0.4, 0.5) is 4.39 Å². The van der Waals surface area contributed by atoms with Crippen LogP contribution in [0.5, 0.6) is 0 Å². The molecule has 0 aliphatic rings. The van der Waals surface area contributed by atoms with E-state index in [1.54, 1.807) is 12.3 Å². The molecule has 0 spiro atoms. The molecule has 1 N–H and O–H groups in total. The molecule has 2 aromatic rings. The molecule has 0 aliphatic carbocycles. The second-order valence-electron chi connectivity index (χ2n) is 5.18. The molecule has 4 heteroatoms. The zero-order valence-electron chi connectivity index (χ0n) is 12.3. The molecule has 0 aromatic heterocycles. The Morgan fingerprint density at radius 3 is 2.57 bits per heavy atom. The van der Waals surface area contributed by atoms with Crippen LogP contribution in [0.1, 0.15) is 22.7 Å². The van der Waals surface area contributed by atoms with Crippen LogP contribution in [0.2, 0.25) is 0 Å². The van der Waals surface area contributed by atoms with Crippen molar-refractivity contribution in [2.24, 2.45) is 0 Å². The summed E-state index contributed by atoms with van der Waals surface area (Å²) in [4.78, 5) is 0. The Balaban J connectivity index is 2.12. The van der Waals surface area contributed by atoms with Gasteiger partial charge in [-0.3, -0.25) is 4.21 Å². The number of rotatable bonds is 6. The van der Waals surface area contributed by atoms with Gasteiger partial charge in [0.25, 0.3) is 0 Å². The Labute approximate surface area is 127 Å². The van der Waals surface area contributed by atoms with Crippen molar-refractivity contribution in [2.75, 3.05) is 12.0 Å². The molecule has 112 valence electrons. The van der Waals surface area contributed by atoms with E-state index in [4.69, 9.17) is 0 Å². The van der Waals surface area contributed by atoms with E-state index >= 15 is 0 Å². The highest BCUT2D eigenvalue weighted by atomic mass is 32.2. The van der Waals surface area contributed by atoms with E-state index in [0.717, 1.165) is 11.1 Å². The summed E-state index contributed by atoms with van der Waals surface area (Å²) < 4.78 is 25.3. The van der Waals surface area contributed by atoms with Gasteiger partial charge in [-0.05, 0) is 18.6 Å². The van der Waals surface area contributed by atoms with E-state index in [-0.39, 0.29) is 11.9 Å². The first-order valence-electron chi connectivity index (χ1n) is 6.89. The minimum Gasteiger partial charge on any atom is -0.305 e. The molecule has 0 bridgehead atoms. The summed E-state index contributed by atoms with van der Waals surface area (Å²) in [6, 6.07) is 14.9. The fourth-order valence-corrected chi connectivity index (χ4v) is 3.04. The van der Waals surface area contributed by atoms with Gasteiger partial charge in [0.1, 0.15) is 5.82 Å². The summed E-state index contributed by atoms with van der Waals surface area (Å²) in [7, 11) is -0.920. The number of hydrogen-bond donors (Lipinski definition) is 1. The Hall–Kier alpha value is -1.52. The van der Waals surface area contributed by atoms with Crippen molar-refractivity contribution in [2.45, 2.75) is 19.5 Å². The molecular formula is C17H20FNOS. The Morgan fingerprint density at radius 2 is 1.90 bits per heavy atom. The van der Waals surface area contributed by atoms with E-state index in [9.17, 15) is 8.60 Å². The third kappa shape index (κ3) is 4.76. The van der Waals surface area contributed by atoms with Crippen LogP contribution in [0.25, 0.3) is 0 Å². The maximum atomic E-state index is 13.8. The molecular weight excluding hydrogens is 285 g/mol. The zero-order chi connectivity index (χ0) is 15.2. The SMILES string of the molecule is Cc1ccc(F)c(CN[C@H](C[S@](C)=O)c2ccccc2)c1. The van der Waals surface area contributed by atoms with E-state index < -0.39 is 10.8 Å². The lowest BCUT2D eigenvalue weighted by molar-refractivity contribution is 0.544. The molecule has 0 radical (unpaired) electrons. The topological polar surface area (TPSA) is 29.1 Å². The monoisotopic (exact) mass is 305 g/mol. The Bertz CT molecular complexity index is 615. The molecule has 2 nitrogen and oxygen atoms in total. The normalized spacial score (nSPS) is 13.9. The molecule has 0 unspecified atom stereocenters. The highest BCUT2D eigenvalue weighted by Crippen LogP contribution is 2.16. The van der Waals surface area contributed by atoms with Gasteiger partial charge < -0.3 is 5.32 Å². The van der Waals surface area contributed by atoms with Gasteiger partial charge in [0.05, 0.1) is 0 Å². The lowest BCUT2D eigenvalue weighted by atomic mass is 10.1. The minimum absolute atomic E-state index is 0.0445. The van der Waals surface area contributed by atoms with Crippen molar-refractivity contribution in [3.63, 3.8) is 0 Å². The fourth-order valence-electron chi connectivity index (χ4n) is 2.27. The standard InChI is InChI=1S/C17H20FNOS/c1-13-8-9-16(18)15(10-13)11-19-17(12-21(2)20)14-6-4-3-5-7-14/h3-10,17,19H,11-12H2,1-2H3/t17-,21+/m1/s1. The highest BCUT2D eigenvalue weighted by molar-refractivity contribution is 7.84. The van der Waals surface area contributed by atoms with Crippen LogP contribution < -0.4 is 5.32 Å². The van der Waals surface area contributed by atoms with Gasteiger partial charge in [-0.2, -0.15) is 0 Å². The van der Waals surface area contributed by atoms with Crippen LogP contribution in [0.15, 0.2) is 48.5 Å². The first kappa shape index (κ1) is 15.9. The number of nitrogens with one attached hydrogen (secondary N) is 1. The predicted molar refractivity (Wildman–Crippen MR) is 86.1 cm³/mol. The van der Waals surface area contributed by atoms with Crippen LogP contribution in [-0.4, -0.2) is 16.2 Å². The molecule has 2 atom stereocenters. The number of benzene rings is 2. The van der Waals surface area contributed by atoms with Gasteiger partial charge in [0, 0.05) is 41.0 Å². The second kappa shape index (κ2) is 7.48. The first-order chi connectivity index (χ1) is 10.1. The molecule has 2 aromatic carbocycles. The van der Waals surface area contributed by atoms with Gasteiger partial charge in [-0.25, -0.2) is 4.39 Å². The number of halogens is 1. The maximum absolute atomic E-state index is 13.8. The lowest BCUT2D eigenvalue weighted by Crippen LogP contribution is -2.26. The second-order valence-corrected chi connectivity index (χ2v) is 6.66. The largest absolute Gasteiger partial charge is 0.305 e. The zero-order valence-corrected chi connectivity index (χ0v) is 13.1. The van der Waals surface area contributed by atoms with Crippen LogP contribution >= 0.6 is 0 Å². The molecule has 0 saturated heterocycles. The van der Waals surface area contributed by atoms with Crippen molar-refractivity contribution >= 4 is 10.8 Å². The summed E-state index contributed by atoms with van der Waals surface area (Å²) in [5.41, 5.74) is 2.74. The van der Waals surface area contributed by atoms with E-state index in [1.165, 1.54) is 6.07 Å². The molecule has 0 heterocycles. The van der Waals surface area contributed by atoms with Gasteiger partial charge in [-0.1, -0.05) is 48.0 Å². The van der Waals surface area contributed by atoms with Crippen molar-refractivity contribution < 1.29 is 8.60 Å². The molecule has 0 aliphatic heterocycles. The van der Waals surface area contributed by atoms with E-state index in [1.807, 2.05) is 43.3 Å². The van der Waals surface area contributed by atoms with E-state index in [0.29, 0.717) is 17.9 Å². The third-order valence-electron chi connectivity index (χ3n) is 3.34. The van der Waals surface area contributed by atoms with Gasteiger partial charge >= 0.3 is 0 Å². The average molecular weight is 305 g/mol. The smallest absolute Gasteiger partial charge is 0.127 e. The Kier molecular flexibility index (Phi) is 5.65. The number of hydrogen-bond acceptors (Lipinski definition) is 2. The van der Waals surface area contributed by atoms with Crippen molar-refractivity contribution in [3.05, 3.63) is 71.0 Å². The molecule has 0 saturated carbocycles. The van der Waals surface area contributed by atoms with E-state index in [2.05, 4.69) is 5.32 Å². The van der Waals surface area contributed by atoms with Crippen molar-refractivity contribution in [1.29, 1.82) is 0 Å². The van der Waals surface area contributed by atoms with Crippen LogP contribution in [-0.2, 0) is 17.3 Å².